The first kappa shape index (κ1) is 75.0. The molecule has 0 aliphatic heterocycles. The molecule has 20 nitrogen and oxygen atoms in total. The number of hydrogen-bond acceptors (Lipinski definition) is 16. The van der Waals surface area contributed by atoms with E-state index < -0.39 is 59.5 Å². The topological polar surface area (TPSA) is 350 Å². The van der Waals surface area contributed by atoms with E-state index in [9.17, 15) is 64.2 Å². The zero-order chi connectivity index (χ0) is 53.4. The van der Waals surface area contributed by atoms with Gasteiger partial charge in [-0.25, -0.2) is 14.6 Å². The molecule has 0 radical (unpaired) electrons. The monoisotopic (exact) mass is 1070 g/mol. The Morgan fingerprint density at radius 3 is 1.17 bits per heavy atom. The fraction of sp³-hybridized carbons (Fsp3) is 0.333. The van der Waals surface area contributed by atoms with Crippen LogP contribution in [0.3, 0.4) is 0 Å². The Morgan fingerprint density at radius 1 is 0.533 bits per heavy atom. The predicted octanol–water partition coefficient (Wildman–Crippen LogP) is -11.8. The molecule has 0 aliphatic rings. The second-order valence-electron chi connectivity index (χ2n) is 16.4. The third kappa shape index (κ3) is 27.6. The summed E-state index contributed by atoms with van der Waals surface area (Å²) < 4.78 is 17.9. The van der Waals surface area contributed by atoms with Gasteiger partial charge in [0.2, 0.25) is 0 Å². The summed E-state index contributed by atoms with van der Waals surface area (Å²) in [4.78, 5) is 82.3. The number of carboxylic acids is 6. The van der Waals surface area contributed by atoms with E-state index in [1.54, 1.807) is 127 Å². The van der Waals surface area contributed by atoms with Gasteiger partial charge in [0.05, 0.1) is 47.9 Å². The Balaban J connectivity index is -0.00000101. The molecular weight excluding hydrogens is 1020 g/mol. The quantitative estimate of drug-likeness (QED) is 0.0354. The standard InChI is InChI=1S/C19H22N2O5.C16H19NO6.C16H21NO5.4Na/c1-13(2)17(19(24)25)16(18(22)23)11-14-3-5-15(6-4-14)26-10-9-21-8-7-20-12-21;1-9(2)14(16(21)22)12(15(19)20)7-10-3-5-11(6-4-10)23-8-13(17)18;1-10(2)14(16(20)21)13(15(18)19)9-11-3-5-12(6-4-11)22-8-7-17;;;;/h3-8,12-13H,9-11H2,1-2H3,(H,22,23)(H,24,25);3-6,9H,7-8H2,1-2H3,(H2,17,18)(H,19,20)(H,21,22);3-6,10H,7-9,17H2,1-2H3,(H,18,19)(H,20,21);;;;/q;;;4*+1/p-4/b17-16-;14-12-;14-13-;;;;. The van der Waals surface area contributed by atoms with Crippen molar-refractivity contribution in [3.05, 3.63) is 142 Å². The number of rotatable bonds is 25. The van der Waals surface area contributed by atoms with Gasteiger partial charge < -0.3 is 80.1 Å². The van der Waals surface area contributed by atoms with Gasteiger partial charge in [0, 0.05) is 25.4 Å². The SMILES string of the molecule is CC(C)/C(C(=O)O)=C(\Cc1ccc(OCC(N)=O)cc1)C(=O)O.CC(C)/C(C(=O)[O-])=C(\Cc1ccc(OCCN)cc1)C(=O)[O-].CC(C)/C(C(=O)[O-])=C(\Cc1ccc(OCCn2ccnc2)cc1)C(=O)[O-].[Na+].[Na+].[Na+].[Na+]. The van der Waals surface area contributed by atoms with Crippen LogP contribution in [-0.4, -0.2) is 87.9 Å². The van der Waals surface area contributed by atoms with E-state index in [0.29, 0.717) is 60.2 Å². The molecule has 0 spiro atoms. The van der Waals surface area contributed by atoms with Crippen molar-refractivity contribution in [1.29, 1.82) is 0 Å². The Hall–Kier alpha value is -4.26. The summed E-state index contributed by atoms with van der Waals surface area (Å²) in [5, 5.41) is 63.6. The first-order chi connectivity index (χ1) is 33.5. The molecule has 4 rings (SSSR count). The minimum Gasteiger partial charge on any atom is -0.545 e. The van der Waals surface area contributed by atoms with Crippen molar-refractivity contribution in [2.45, 2.75) is 67.3 Å². The van der Waals surface area contributed by atoms with Crippen LogP contribution in [-0.2, 0) is 59.4 Å². The molecule has 382 valence electrons. The minimum atomic E-state index is -1.50. The Bertz CT molecular complexity index is 2550. The van der Waals surface area contributed by atoms with Crippen LogP contribution in [0.15, 0.2) is 125 Å². The minimum absolute atomic E-state index is 0. The molecule has 0 unspecified atom stereocenters. The molecule has 0 saturated carbocycles. The summed E-state index contributed by atoms with van der Waals surface area (Å²) in [6.07, 6.45) is 5.09. The molecule has 1 amide bonds. The molecule has 0 fully saturated rings. The van der Waals surface area contributed by atoms with Crippen molar-refractivity contribution in [1.82, 2.24) is 9.55 Å². The maximum atomic E-state index is 11.4. The number of nitrogens with two attached hydrogens (primary N) is 2. The van der Waals surface area contributed by atoms with E-state index in [1.165, 1.54) is 0 Å². The number of imidazole rings is 1. The number of nitrogens with zero attached hydrogens (tertiary/aromatic N) is 2. The number of amides is 1. The van der Waals surface area contributed by atoms with Crippen molar-refractivity contribution >= 4 is 41.7 Å². The fourth-order valence-electron chi connectivity index (χ4n) is 6.72. The molecule has 1 aromatic heterocycles. The fourth-order valence-corrected chi connectivity index (χ4v) is 6.72. The maximum absolute atomic E-state index is 11.4. The molecule has 0 bridgehead atoms. The van der Waals surface area contributed by atoms with Crippen molar-refractivity contribution < 1.29 is 197 Å². The average Bonchev–Trinajstić information content (AvgIpc) is 3.81. The first-order valence-corrected chi connectivity index (χ1v) is 22.1. The van der Waals surface area contributed by atoms with Crippen LogP contribution in [0.5, 0.6) is 17.2 Å². The summed E-state index contributed by atoms with van der Waals surface area (Å²) in [7, 11) is 0. The number of carbonyl (C=O) groups excluding carboxylic acids is 5. The zero-order valence-electron chi connectivity index (χ0n) is 44.2. The molecule has 75 heavy (non-hydrogen) atoms. The summed E-state index contributed by atoms with van der Waals surface area (Å²) in [5.74, 6) is -8.81. The van der Waals surface area contributed by atoms with E-state index in [0.717, 1.165) is 0 Å². The maximum Gasteiger partial charge on any atom is 1.00 e. The first-order valence-electron chi connectivity index (χ1n) is 22.1. The molecule has 3 aromatic carbocycles. The van der Waals surface area contributed by atoms with Gasteiger partial charge in [-0.2, -0.15) is 0 Å². The number of aromatic nitrogens is 2. The van der Waals surface area contributed by atoms with E-state index in [1.807, 2.05) is 10.8 Å². The summed E-state index contributed by atoms with van der Waals surface area (Å²) in [5.41, 5.74) is 10.9. The van der Waals surface area contributed by atoms with Crippen LogP contribution in [0.4, 0.5) is 0 Å². The second-order valence-corrected chi connectivity index (χ2v) is 16.4. The molecule has 0 saturated heterocycles. The average molecular weight is 1070 g/mol. The molecule has 0 atom stereocenters. The normalized spacial score (nSPS) is 11.3. The smallest absolute Gasteiger partial charge is 0.545 e. The van der Waals surface area contributed by atoms with Crippen LogP contribution in [0.2, 0.25) is 0 Å². The number of carbonyl (C=O) groups is 7. The number of ether oxygens (including phenoxy) is 3. The van der Waals surface area contributed by atoms with Crippen LogP contribution < -0.4 is 164 Å². The molecule has 0 aliphatic carbocycles. The summed E-state index contributed by atoms with van der Waals surface area (Å²) >= 11 is 0. The van der Waals surface area contributed by atoms with Crippen molar-refractivity contribution in [3.8, 4) is 17.2 Å². The molecule has 6 N–H and O–H groups in total. The van der Waals surface area contributed by atoms with E-state index in [2.05, 4.69) is 4.98 Å². The summed E-state index contributed by atoms with van der Waals surface area (Å²) in [6.45, 7) is 11.3. The van der Waals surface area contributed by atoms with Crippen LogP contribution in [0.1, 0.15) is 58.2 Å². The Labute approximate surface area is 524 Å². The van der Waals surface area contributed by atoms with Crippen molar-refractivity contribution in [2.75, 3.05) is 26.4 Å². The number of benzene rings is 3. The third-order valence-electron chi connectivity index (χ3n) is 9.99. The zero-order valence-corrected chi connectivity index (χ0v) is 52.2. The van der Waals surface area contributed by atoms with Crippen molar-refractivity contribution in [2.24, 2.45) is 29.2 Å². The number of carboxylic acid groups (broad SMARTS) is 6. The Kier molecular flexibility index (Phi) is 39.1. The molecule has 24 heteroatoms. The molecule has 4 aromatic rings. The molecular formula is C51H58N4Na4O16. The Morgan fingerprint density at radius 2 is 0.893 bits per heavy atom. The van der Waals surface area contributed by atoms with Crippen LogP contribution in [0, 0.1) is 17.8 Å². The number of aliphatic carboxylic acids is 6. The van der Waals surface area contributed by atoms with Gasteiger partial charge in [-0.1, -0.05) is 77.9 Å². The van der Waals surface area contributed by atoms with Gasteiger partial charge in [0.1, 0.15) is 30.5 Å². The second kappa shape index (κ2) is 39.2. The predicted molar refractivity (Wildman–Crippen MR) is 248 cm³/mol. The molecule has 1 heterocycles. The van der Waals surface area contributed by atoms with Crippen LogP contribution >= 0.6 is 0 Å². The van der Waals surface area contributed by atoms with E-state index >= 15 is 0 Å². The van der Waals surface area contributed by atoms with Gasteiger partial charge in [-0.3, -0.25) is 4.79 Å². The van der Waals surface area contributed by atoms with Gasteiger partial charge in [-0.15, -0.1) is 0 Å². The van der Waals surface area contributed by atoms with E-state index in [-0.39, 0.29) is 178 Å². The van der Waals surface area contributed by atoms with Crippen molar-refractivity contribution in [3.63, 3.8) is 0 Å². The third-order valence-corrected chi connectivity index (χ3v) is 9.99. The number of hydrogen-bond donors (Lipinski definition) is 4. The number of primary amides is 1. The largest absolute Gasteiger partial charge is 1.00 e. The van der Waals surface area contributed by atoms with Gasteiger partial charge in [0.25, 0.3) is 5.91 Å². The summed E-state index contributed by atoms with van der Waals surface area (Å²) in [6, 6.07) is 19.8. The van der Waals surface area contributed by atoms with Gasteiger partial charge in [-0.05, 0) is 106 Å². The van der Waals surface area contributed by atoms with Gasteiger partial charge in [0.15, 0.2) is 6.61 Å². The van der Waals surface area contributed by atoms with Crippen LogP contribution in [0.25, 0.3) is 0 Å². The van der Waals surface area contributed by atoms with Gasteiger partial charge >= 0.3 is 130 Å². The van der Waals surface area contributed by atoms with E-state index in [4.69, 9.17) is 25.7 Å².